The third-order valence-electron chi connectivity index (χ3n) is 7.45. The van der Waals surface area contributed by atoms with E-state index in [4.69, 9.17) is 21.1 Å². The fourth-order valence-corrected chi connectivity index (χ4v) is 6.63. The molecular formula is C31H36ClN3O6S. The number of hydrogen-bond donors (Lipinski definition) is 1. The van der Waals surface area contributed by atoms with Crippen LogP contribution >= 0.6 is 11.6 Å². The number of benzene rings is 3. The Bertz CT molecular complexity index is 1490. The summed E-state index contributed by atoms with van der Waals surface area (Å²) in [5.41, 5.74) is 0.819. The van der Waals surface area contributed by atoms with Crippen LogP contribution in [0.5, 0.6) is 11.5 Å². The van der Waals surface area contributed by atoms with Gasteiger partial charge >= 0.3 is 0 Å². The van der Waals surface area contributed by atoms with Crippen molar-refractivity contribution in [3.63, 3.8) is 0 Å². The van der Waals surface area contributed by atoms with Crippen LogP contribution in [0.15, 0.2) is 77.7 Å². The predicted octanol–water partition coefficient (Wildman–Crippen LogP) is 5.03. The zero-order valence-corrected chi connectivity index (χ0v) is 25.5. The maximum Gasteiger partial charge on any atom is 0.264 e. The summed E-state index contributed by atoms with van der Waals surface area (Å²) < 4.78 is 39.8. The molecule has 0 heterocycles. The minimum atomic E-state index is -4.26. The molecule has 1 atom stereocenters. The first kappa shape index (κ1) is 31.2. The van der Waals surface area contributed by atoms with E-state index >= 15 is 0 Å². The molecule has 9 nitrogen and oxygen atoms in total. The van der Waals surface area contributed by atoms with Crippen LogP contribution in [0.3, 0.4) is 0 Å². The van der Waals surface area contributed by atoms with Gasteiger partial charge in [0.25, 0.3) is 10.0 Å². The highest BCUT2D eigenvalue weighted by molar-refractivity contribution is 7.92. The van der Waals surface area contributed by atoms with Gasteiger partial charge in [-0.1, -0.05) is 54.8 Å². The third kappa shape index (κ3) is 7.17. The molecule has 0 aromatic heterocycles. The molecule has 2 amide bonds. The molecule has 11 heteroatoms. The Kier molecular flexibility index (Phi) is 10.3. The smallest absolute Gasteiger partial charge is 0.264 e. The number of amides is 2. The van der Waals surface area contributed by atoms with Gasteiger partial charge in [0.05, 0.1) is 24.8 Å². The van der Waals surface area contributed by atoms with Crippen molar-refractivity contribution in [2.45, 2.75) is 56.1 Å². The standard InChI is InChI=1S/C31H36ClN3O6S/c1-22(31(37)33-24-11-5-6-12-24)34(20-23-10-4-7-13-27(23)32)30(36)21-35(28-14-8-9-15-29(28)41-3)42(38,39)26-18-16-25(40-2)17-19-26/h4,7-10,13-19,22,24H,5-6,11-12,20-21H2,1-3H3,(H,33,37)/t22-/m0/s1. The number of halogens is 1. The van der Waals surface area contributed by atoms with Gasteiger partial charge in [-0.2, -0.15) is 0 Å². The number of nitrogens with zero attached hydrogens (tertiary/aromatic N) is 2. The number of ether oxygens (including phenoxy) is 2. The average molecular weight is 614 g/mol. The lowest BCUT2D eigenvalue weighted by atomic mass is 10.1. The zero-order valence-electron chi connectivity index (χ0n) is 24.0. The molecule has 224 valence electrons. The van der Waals surface area contributed by atoms with Crippen molar-refractivity contribution in [2.24, 2.45) is 0 Å². The maximum absolute atomic E-state index is 14.1. The van der Waals surface area contributed by atoms with Gasteiger partial charge in [0.15, 0.2) is 0 Å². The van der Waals surface area contributed by atoms with Crippen molar-refractivity contribution in [1.29, 1.82) is 0 Å². The number of carbonyl (C=O) groups is 2. The van der Waals surface area contributed by atoms with Crippen LogP contribution in [-0.2, 0) is 26.2 Å². The van der Waals surface area contributed by atoms with Gasteiger partial charge in [0.1, 0.15) is 24.1 Å². The van der Waals surface area contributed by atoms with Crippen molar-refractivity contribution in [1.82, 2.24) is 10.2 Å². The number of methoxy groups -OCH3 is 2. The minimum Gasteiger partial charge on any atom is -0.497 e. The van der Waals surface area contributed by atoms with Crippen molar-refractivity contribution in [3.8, 4) is 11.5 Å². The van der Waals surface area contributed by atoms with Crippen LogP contribution in [-0.4, -0.2) is 58.0 Å². The Morgan fingerprint density at radius 1 is 0.952 bits per heavy atom. The minimum absolute atomic E-state index is 0.0140. The fraction of sp³-hybridized carbons (Fsp3) is 0.355. The van der Waals surface area contributed by atoms with Gasteiger partial charge in [0.2, 0.25) is 11.8 Å². The summed E-state index contributed by atoms with van der Waals surface area (Å²) in [5.74, 6) is -0.120. The van der Waals surface area contributed by atoms with Crippen LogP contribution in [0, 0.1) is 0 Å². The number of anilines is 1. The van der Waals surface area contributed by atoms with E-state index in [0.717, 1.165) is 30.0 Å². The van der Waals surface area contributed by atoms with E-state index in [1.807, 2.05) is 0 Å². The summed E-state index contributed by atoms with van der Waals surface area (Å²) >= 11 is 6.44. The molecule has 0 saturated heterocycles. The first-order valence-corrected chi connectivity index (χ1v) is 15.6. The lowest BCUT2D eigenvalue weighted by molar-refractivity contribution is -0.139. The Morgan fingerprint density at radius 2 is 1.60 bits per heavy atom. The van der Waals surface area contributed by atoms with Crippen LogP contribution in [0.4, 0.5) is 5.69 Å². The maximum atomic E-state index is 14.1. The van der Waals surface area contributed by atoms with Gasteiger partial charge < -0.3 is 19.7 Å². The quantitative estimate of drug-likeness (QED) is 0.307. The number of para-hydroxylation sites is 2. The molecule has 0 spiro atoms. The fourth-order valence-electron chi connectivity index (χ4n) is 5.01. The number of hydrogen-bond acceptors (Lipinski definition) is 6. The number of sulfonamides is 1. The molecule has 3 aromatic rings. The van der Waals surface area contributed by atoms with Gasteiger partial charge in [-0.25, -0.2) is 8.42 Å². The summed E-state index contributed by atoms with van der Waals surface area (Å²) in [5, 5.41) is 3.49. The van der Waals surface area contributed by atoms with Crippen molar-refractivity contribution >= 4 is 39.1 Å². The third-order valence-corrected chi connectivity index (χ3v) is 9.59. The Morgan fingerprint density at radius 3 is 2.24 bits per heavy atom. The van der Waals surface area contributed by atoms with Crippen LogP contribution in [0.25, 0.3) is 0 Å². The van der Waals surface area contributed by atoms with Crippen molar-refractivity contribution in [3.05, 3.63) is 83.4 Å². The Hall–Kier alpha value is -3.76. The number of carbonyl (C=O) groups excluding carboxylic acids is 2. The molecular weight excluding hydrogens is 578 g/mol. The van der Waals surface area contributed by atoms with E-state index in [1.165, 1.54) is 43.4 Å². The summed E-state index contributed by atoms with van der Waals surface area (Å²) in [7, 11) is -1.35. The van der Waals surface area contributed by atoms with Gasteiger partial charge in [-0.15, -0.1) is 0 Å². The molecule has 3 aromatic carbocycles. The second-order valence-corrected chi connectivity index (χ2v) is 12.4. The molecule has 0 aliphatic heterocycles. The van der Waals surface area contributed by atoms with Crippen LogP contribution in [0.2, 0.25) is 5.02 Å². The second-order valence-electron chi connectivity index (χ2n) is 10.1. The molecule has 1 aliphatic carbocycles. The van der Waals surface area contributed by atoms with Crippen LogP contribution < -0.4 is 19.1 Å². The number of nitrogens with one attached hydrogen (secondary N) is 1. The van der Waals surface area contributed by atoms with E-state index in [0.29, 0.717) is 16.3 Å². The molecule has 0 bridgehead atoms. The first-order chi connectivity index (χ1) is 20.1. The topological polar surface area (TPSA) is 105 Å². The van der Waals surface area contributed by atoms with Gasteiger partial charge in [-0.05, 0) is 67.8 Å². The molecule has 4 rings (SSSR count). The average Bonchev–Trinajstić information content (AvgIpc) is 3.52. The molecule has 1 aliphatic rings. The van der Waals surface area contributed by atoms with E-state index in [1.54, 1.807) is 55.5 Å². The van der Waals surface area contributed by atoms with Gasteiger partial charge in [-0.3, -0.25) is 13.9 Å². The molecule has 1 saturated carbocycles. The molecule has 42 heavy (non-hydrogen) atoms. The monoisotopic (exact) mass is 613 g/mol. The van der Waals surface area contributed by atoms with Gasteiger partial charge in [0, 0.05) is 17.6 Å². The molecule has 0 unspecified atom stereocenters. The molecule has 1 N–H and O–H groups in total. The van der Waals surface area contributed by atoms with Crippen LogP contribution in [0.1, 0.15) is 38.2 Å². The number of rotatable bonds is 12. The Labute approximate surface area is 252 Å². The van der Waals surface area contributed by atoms with Crippen molar-refractivity contribution in [2.75, 3.05) is 25.1 Å². The second kappa shape index (κ2) is 13.9. The first-order valence-electron chi connectivity index (χ1n) is 13.8. The Balaban J connectivity index is 1.72. The normalized spacial score (nSPS) is 14.2. The van der Waals surface area contributed by atoms with E-state index in [2.05, 4.69) is 5.32 Å². The molecule has 0 radical (unpaired) electrons. The van der Waals surface area contributed by atoms with E-state index in [-0.39, 0.29) is 34.8 Å². The predicted molar refractivity (Wildman–Crippen MR) is 162 cm³/mol. The highest BCUT2D eigenvalue weighted by atomic mass is 35.5. The lowest BCUT2D eigenvalue weighted by Gasteiger charge is -2.33. The highest BCUT2D eigenvalue weighted by Gasteiger charge is 2.34. The van der Waals surface area contributed by atoms with Crippen molar-refractivity contribution < 1.29 is 27.5 Å². The van der Waals surface area contributed by atoms with E-state index in [9.17, 15) is 18.0 Å². The zero-order chi connectivity index (χ0) is 30.3. The summed E-state index contributed by atoms with van der Waals surface area (Å²) in [6.45, 7) is 1.07. The summed E-state index contributed by atoms with van der Waals surface area (Å²) in [4.78, 5) is 28.8. The SMILES string of the molecule is COc1ccc(S(=O)(=O)N(CC(=O)N(Cc2ccccc2Cl)[C@@H](C)C(=O)NC2CCCC2)c2ccccc2OC)cc1. The lowest BCUT2D eigenvalue weighted by Crippen LogP contribution is -2.52. The summed E-state index contributed by atoms with van der Waals surface area (Å²) in [6, 6.07) is 18.7. The largest absolute Gasteiger partial charge is 0.497 e. The summed E-state index contributed by atoms with van der Waals surface area (Å²) in [6.07, 6.45) is 3.86. The molecule has 1 fully saturated rings. The highest BCUT2D eigenvalue weighted by Crippen LogP contribution is 2.33. The van der Waals surface area contributed by atoms with E-state index < -0.39 is 28.5 Å².